The van der Waals surface area contributed by atoms with Crippen molar-refractivity contribution >= 4 is 60.7 Å². The number of rotatable bonds is 6. The summed E-state index contributed by atoms with van der Waals surface area (Å²) in [5, 5.41) is 4.97. The molecule has 64 heavy (non-hydrogen) atoms. The van der Waals surface area contributed by atoms with Crippen molar-refractivity contribution in [3.05, 3.63) is 231 Å². The topological polar surface area (TPSA) is 35.2 Å². The lowest BCUT2D eigenvalue weighted by molar-refractivity contribution is 0.477. The fourth-order valence-corrected chi connectivity index (χ4v) is 9.82. The van der Waals surface area contributed by atoms with E-state index in [0.717, 1.165) is 73.3 Å². The van der Waals surface area contributed by atoms with Gasteiger partial charge in [0.1, 0.15) is 0 Å². The van der Waals surface area contributed by atoms with Gasteiger partial charge in [-0.25, -0.2) is 0 Å². The van der Waals surface area contributed by atoms with Crippen LogP contribution in [0.15, 0.2) is 231 Å². The molecule has 0 amide bonds. The predicted octanol–water partition coefficient (Wildman–Crippen LogP) is 15.9. The first kappa shape index (κ1) is 36.0. The molecule has 300 valence electrons. The van der Waals surface area contributed by atoms with Crippen molar-refractivity contribution in [2.45, 2.75) is 0 Å². The number of benzene rings is 9. The molecule has 3 aromatic heterocycles. The molecule has 0 radical (unpaired) electrons. The van der Waals surface area contributed by atoms with Crippen molar-refractivity contribution in [3.8, 4) is 56.3 Å². The third kappa shape index (κ3) is 5.75. The number of aromatic nitrogens is 3. The second-order valence-electron chi connectivity index (χ2n) is 16.4. The molecule has 0 aliphatic carbocycles. The molecule has 4 heterocycles. The number of nitrogens with zero attached hydrogens (tertiary/aromatic N) is 4. The second kappa shape index (κ2) is 14.5. The van der Waals surface area contributed by atoms with Gasteiger partial charge in [-0.2, -0.15) is 0 Å². The molecule has 0 saturated heterocycles. The third-order valence-electron chi connectivity index (χ3n) is 12.8. The molecule has 0 atom stereocenters. The number of anilines is 3. The Morgan fingerprint density at radius 1 is 0.297 bits per heavy atom. The SMILES string of the molecule is c1ccc2c(c1)Oc1ccccc1N2c1ccc(-c2cncc(-c3ccc(-c4cc(-n5c6ccccc6c6ccccc65)cc(-n5c6ccccc6c6ccccc65)c4)cc3)c2)cc1. The van der Waals surface area contributed by atoms with Crippen LogP contribution in [0.3, 0.4) is 0 Å². The molecule has 5 nitrogen and oxygen atoms in total. The van der Waals surface area contributed by atoms with E-state index in [2.05, 4.69) is 208 Å². The lowest BCUT2D eigenvalue weighted by Gasteiger charge is -2.32. The van der Waals surface area contributed by atoms with Gasteiger partial charge in [0.15, 0.2) is 11.5 Å². The second-order valence-corrected chi connectivity index (χ2v) is 16.4. The van der Waals surface area contributed by atoms with E-state index in [1.54, 1.807) is 0 Å². The van der Waals surface area contributed by atoms with Gasteiger partial charge in [0.2, 0.25) is 0 Å². The number of ether oxygens (including phenoxy) is 1. The molecule has 12 aromatic rings. The molecular formula is C59H38N4O. The summed E-state index contributed by atoms with van der Waals surface area (Å²) in [5.74, 6) is 1.68. The molecule has 5 heteroatoms. The van der Waals surface area contributed by atoms with Gasteiger partial charge in [0.05, 0.1) is 33.4 Å². The zero-order valence-electron chi connectivity index (χ0n) is 34.6. The fraction of sp³-hybridized carbons (Fsp3) is 0. The van der Waals surface area contributed by atoms with E-state index in [1.807, 2.05) is 36.7 Å². The lowest BCUT2D eigenvalue weighted by atomic mass is 9.98. The van der Waals surface area contributed by atoms with Crippen LogP contribution in [-0.4, -0.2) is 14.1 Å². The first-order chi connectivity index (χ1) is 31.7. The Morgan fingerprint density at radius 2 is 0.672 bits per heavy atom. The van der Waals surface area contributed by atoms with Crippen LogP contribution in [-0.2, 0) is 0 Å². The van der Waals surface area contributed by atoms with Gasteiger partial charge in [0, 0.05) is 62.1 Å². The van der Waals surface area contributed by atoms with Crippen LogP contribution >= 0.6 is 0 Å². The molecule has 1 aliphatic rings. The minimum atomic E-state index is 0.840. The summed E-state index contributed by atoms with van der Waals surface area (Å²) in [6, 6.07) is 78.2. The minimum Gasteiger partial charge on any atom is -0.453 e. The Bertz CT molecular complexity index is 3480. The molecule has 0 spiro atoms. The fourth-order valence-electron chi connectivity index (χ4n) is 9.82. The largest absolute Gasteiger partial charge is 0.453 e. The summed E-state index contributed by atoms with van der Waals surface area (Å²) in [6.07, 6.45) is 3.90. The van der Waals surface area contributed by atoms with Crippen molar-refractivity contribution in [2.24, 2.45) is 0 Å². The van der Waals surface area contributed by atoms with E-state index in [1.165, 1.54) is 43.6 Å². The molecular weight excluding hydrogens is 781 g/mol. The predicted molar refractivity (Wildman–Crippen MR) is 264 cm³/mol. The first-order valence-electron chi connectivity index (χ1n) is 21.7. The zero-order valence-corrected chi connectivity index (χ0v) is 34.6. The number of fused-ring (bicyclic) bond motifs is 8. The average molecular weight is 819 g/mol. The van der Waals surface area contributed by atoms with E-state index in [-0.39, 0.29) is 0 Å². The molecule has 1 aliphatic heterocycles. The molecule has 0 N–H and O–H groups in total. The molecule has 9 aromatic carbocycles. The summed E-state index contributed by atoms with van der Waals surface area (Å²) in [6.45, 7) is 0. The Hall–Kier alpha value is -8.67. The maximum atomic E-state index is 6.25. The van der Waals surface area contributed by atoms with Gasteiger partial charge < -0.3 is 18.8 Å². The average Bonchev–Trinajstić information content (AvgIpc) is 3.89. The van der Waals surface area contributed by atoms with Crippen molar-refractivity contribution in [1.29, 1.82) is 0 Å². The standard InChI is InChI=1S/C59H38N4O/c1-5-17-52-48(13-1)49-14-2-6-18-53(49)62(52)46-34-42(35-47(36-46)63-54-19-7-3-15-50(54)51-16-4-8-20-55(51)63)39-25-27-40(28-26-39)43-33-44(38-60-37-43)41-29-31-45(32-30-41)61-56-21-9-11-23-58(56)64-59-24-12-10-22-57(59)61/h1-38H. The van der Waals surface area contributed by atoms with E-state index >= 15 is 0 Å². The van der Waals surface area contributed by atoms with Crippen LogP contribution in [0.5, 0.6) is 11.5 Å². The third-order valence-corrected chi connectivity index (χ3v) is 12.8. The molecule has 0 bridgehead atoms. The van der Waals surface area contributed by atoms with Gasteiger partial charge in [-0.3, -0.25) is 4.98 Å². The van der Waals surface area contributed by atoms with Gasteiger partial charge >= 0.3 is 0 Å². The van der Waals surface area contributed by atoms with Crippen LogP contribution < -0.4 is 9.64 Å². The Morgan fingerprint density at radius 3 is 1.12 bits per heavy atom. The van der Waals surface area contributed by atoms with Crippen LogP contribution in [0.1, 0.15) is 0 Å². The summed E-state index contributed by atoms with van der Waals surface area (Å²) < 4.78 is 11.1. The highest BCUT2D eigenvalue weighted by atomic mass is 16.5. The first-order valence-corrected chi connectivity index (χ1v) is 21.7. The highest BCUT2D eigenvalue weighted by Gasteiger charge is 2.25. The summed E-state index contributed by atoms with van der Waals surface area (Å²) in [7, 11) is 0. The van der Waals surface area contributed by atoms with Crippen molar-refractivity contribution in [1.82, 2.24) is 14.1 Å². The monoisotopic (exact) mass is 818 g/mol. The lowest BCUT2D eigenvalue weighted by Crippen LogP contribution is -2.15. The van der Waals surface area contributed by atoms with Crippen LogP contribution in [0, 0.1) is 0 Å². The molecule has 0 saturated carbocycles. The van der Waals surface area contributed by atoms with Gasteiger partial charge in [0.25, 0.3) is 0 Å². The molecule has 13 rings (SSSR count). The number of pyridine rings is 1. The van der Waals surface area contributed by atoms with Gasteiger partial charge in [-0.1, -0.05) is 133 Å². The summed E-state index contributed by atoms with van der Waals surface area (Å²) >= 11 is 0. The number of para-hydroxylation sites is 8. The van der Waals surface area contributed by atoms with Crippen LogP contribution in [0.2, 0.25) is 0 Å². The van der Waals surface area contributed by atoms with E-state index in [0.29, 0.717) is 0 Å². The number of hydrogen-bond donors (Lipinski definition) is 0. The molecule has 0 fully saturated rings. The number of hydrogen-bond acceptors (Lipinski definition) is 3. The van der Waals surface area contributed by atoms with E-state index < -0.39 is 0 Å². The van der Waals surface area contributed by atoms with Crippen LogP contribution in [0.25, 0.3) is 88.4 Å². The normalized spacial score (nSPS) is 12.2. The van der Waals surface area contributed by atoms with E-state index in [4.69, 9.17) is 9.72 Å². The van der Waals surface area contributed by atoms with Crippen LogP contribution in [0.4, 0.5) is 17.1 Å². The minimum absolute atomic E-state index is 0.840. The summed E-state index contributed by atoms with van der Waals surface area (Å²) in [4.78, 5) is 7.00. The Kier molecular flexibility index (Phi) is 8.15. The van der Waals surface area contributed by atoms with E-state index in [9.17, 15) is 0 Å². The highest BCUT2D eigenvalue weighted by Crippen LogP contribution is 2.50. The Labute approximate surface area is 369 Å². The smallest absolute Gasteiger partial charge is 0.151 e. The summed E-state index contributed by atoms with van der Waals surface area (Å²) in [5.41, 5.74) is 16.7. The Balaban J connectivity index is 0.890. The van der Waals surface area contributed by atoms with Crippen molar-refractivity contribution in [2.75, 3.05) is 4.90 Å². The highest BCUT2D eigenvalue weighted by molar-refractivity contribution is 6.10. The quantitative estimate of drug-likeness (QED) is 0.168. The van der Waals surface area contributed by atoms with Gasteiger partial charge in [-0.05, 0) is 107 Å². The van der Waals surface area contributed by atoms with Gasteiger partial charge in [-0.15, -0.1) is 0 Å². The van der Waals surface area contributed by atoms with Crippen molar-refractivity contribution < 1.29 is 4.74 Å². The van der Waals surface area contributed by atoms with Crippen molar-refractivity contribution in [3.63, 3.8) is 0 Å². The maximum absolute atomic E-state index is 6.25. The maximum Gasteiger partial charge on any atom is 0.151 e. The zero-order chi connectivity index (χ0) is 42.1. The molecule has 0 unspecified atom stereocenters.